The zero-order valence-electron chi connectivity index (χ0n) is 15.6. The minimum Gasteiger partial charge on any atom is -0.313 e. The average Bonchev–Trinajstić information content (AvgIpc) is 3.02. The molecular formula is C19H15F3N6O2. The van der Waals surface area contributed by atoms with Crippen LogP contribution in [0.5, 0.6) is 0 Å². The number of nitro groups is 1. The highest BCUT2D eigenvalue weighted by atomic mass is 19.4. The highest BCUT2D eigenvalue weighted by Crippen LogP contribution is 2.32. The number of fused-ring (bicyclic) bond motifs is 3. The van der Waals surface area contributed by atoms with Gasteiger partial charge in [0.25, 0.3) is 5.69 Å². The second kappa shape index (κ2) is 7.34. The molecule has 1 aliphatic rings. The Labute approximate surface area is 168 Å². The molecule has 0 bridgehead atoms. The smallest absolute Gasteiger partial charge is 0.313 e. The third-order valence-corrected chi connectivity index (χ3v) is 4.68. The Balaban J connectivity index is 1.90. The van der Waals surface area contributed by atoms with Crippen molar-refractivity contribution in [2.75, 3.05) is 7.05 Å². The van der Waals surface area contributed by atoms with E-state index in [0.29, 0.717) is 40.7 Å². The number of hydrogen-bond acceptors (Lipinski definition) is 6. The number of benzene rings is 2. The van der Waals surface area contributed by atoms with Crippen molar-refractivity contribution in [3.63, 3.8) is 0 Å². The predicted octanol–water partition coefficient (Wildman–Crippen LogP) is 3.26. The molecule has 2 heterocycles. The number of non-ortho nitro benzene ring substituents is 1. The van der Waals surface area contributed by atoms with E-state index in [2.05, 4.69) is 20.5 Å². The van der Waals surface area contributed by atoms with Crippen LogP contribution < -0.4 is 5.32 Å². The summed E-state index contributed by atoms with van der Waals surface area (Å²) in [5.41, 5.74) is 0.817. The number of aliphatic imine (C=N–C) groups is 1. The average molecular weight is 416 g/mol. The maximum absolute atomic E-state index is 12.9. The molecule has 0 unspecified atom stereocenters. The number of hydrogen-bond donors (Lipinski definition) is 1. The number of nitro benzene ring substituents is 1. The van der Waals surface area contributed by atoms with Crippen LogP contribution in [0.4, 0.5) is 18.9 Å². The van der Waals surface area contributed by atoms with E-state index in [-0.39, 0.29) is 12.2 Å². The van der Waals surface area contributed by atoms with Crippen molar-refractivity contribution in [2.24, 2.45) is 4.99 Å². The van der Waals surface area contributed by atoms with E-state index in [1.807, 2.05) is 0 Å². The van der Waals surface area contributed by atoms with Crippen LogP contribution in [-0.2, 0) is 19.3 Å². The van der Waals surface area contributed by atoms with Crippen LogP contribution in [0.15, 0.2) is 47.5 Å². The summed E-state index contributed by atoms with van der Waals surface area (Å²) in [6.45, 7) is 0.522. The fraction of sp³-hybridized carbons (Fsp3) is 0.211. The SMILES string of the molecule is CNCc1nnc2n1-c1ccc([N+](=O)[O-])cc1C(c1ccc(C(F)(F)F)cc1)=NC2. The molecule has 11 heteroatoms. The minimum atomic E-state index is -4.46. The van der Waals surface area contributed by atoms with Crippen molar-refractivity contribution in [2.45, 2.75) is 19.3 Å². The maximum atomic E-state index is 12.9. The molecule has 0 radical (unpaired) electrons. The van der Waals surface area contributed by atoms with E-state index in [9.17, 15) is 23.3 Å². The Kier molecular flexibility index (Phi) is 4.82. The third kappa shape index (κ3) is 3.43. The zero-order valence-corrected chi connectivity index (χ0v) is 15.6. The number of rotatable bonds is 4. The first-order chi connectivity index (χ1) is 14.3. The van der Waals surface area contributed by atoms with Crippen molar-refractivity contribution >= 4 is 11.4 Å². The zero-order chi connectivity index (χ0) is 21.5. The molecule has 0 aliphatic carbocycles. The summed E-state index contributed by atoms with van der Waals surface area (Å²) >= 11 is 0. The van der Waals surface area contributed by atoms with Gasteiger partial charge in [-0.1, -0.05) is 12.1 Å². The minimum absolute atomic E-state index is 0.121. The molecule has 8 nitrogen and oxygen atoms in total. The van der Waals surface area contributed by atoms with E-state index in [4.69, 9.17) is 0 Å². The monoisotopic (exact) mass is 416 g/mol. The van der Waals surface area contributed by atoms with E-state index in [1.54, 1.807) is 17.7 Å². The fourth-order valence-electron chi connectivity index (χ4n) is 3.33. The highest BCUT2D eigenvalue weighted by molar-refractivity contribution is 6.15. The lowest BCUT2D eigenvalue weighted by Gasteiger charge is -2.14. The van der Waals surface area contributed by atoms with Crippen LogP contribution in [0.25, 0.3) is 5.69 Å². The van der Waals surface area contributed by atoms with Crippen LogP contribution in [0.2, 0.25) is 0 Å². The molecule has 0 fully saturated rings. The normalized spacial score (nSPS) is 13.3. The van der Waals surface area contributed by atoms with Gasteiger partial charge in [0, 0.05) is 23.3 Å². The topological polar surface area (TPSA) is 98.2 Å². The van der Waals surface area contributed by atoms with Crippen molar-refractivity contribution in [1.29, 1.82) is 0 Å². The predicted molar refractivity (Wildman–Crippen MR) is 102 cm³/mol. The third-order valence-electron chi connectivity index (χ3n) is 4.68. The first-order valence-corrected chi connectivity index (χ1v) is 8.88. The number of nitrogens with one attached hydrogen (secondary N) is 1. The molecule has 1 aromatic heterocycles. The van der Waals surface area contributed by atoms with Gasteiger partial charge in [0.15, 0.2) is 11.6 Å². The second-order valence-electron chi connectivity index (χ2n) is 6.60. The Morgan fingerprint density at radius 2 is 1.90 bits per heavy atom. The molecule has 0 atom stereocenters. The van der Waals surface area contributed by atoms with Gasteiger partial charge in [0.05, 0.1) is 28.4 Å². The summed E-state index contributed by atoms with van der Waals surface area (Å²) in [5.74, 6) is 1.11. The molecule has 0 amide bonds. The van der Waals surface area contributed by atoms with Crippen LogP contribution >= 0.6 is 0 Å². The summed E-state index contributed by atoms with van der Waals surface area (Å²) in [6, 6.07) is 8.85. The summed E-state index contributed by atoms with van der Waals surface area (Å²) < 4.78 is 40.6. The van der Waals surface area contributed by atoms with Gasteiger partial charge in [-0.2, -0.15) is 13.2 Å². The van der Waals surface area contributed by atoms with Gasteiger partial charge >= 0.3 is 6.18 Å². The van der Waals surface area contributed by atoms with Crippen LogP contribution in [0, 0.1) is 10.1 Å². The molecule has 1 N–H and O–H groups in total. The Morgan fingerprint density at radius 3 is 2.53 bits per heavy atom. The Morgan fingerprint density at radius 1 is 1.17 bits per heavy atom. The van der Waals surface area contributed by atoms with Gasteiger partial charge in [-0.25, -0.2) is 0 Å². The molecule has 2 aromatic carbocycles. The van der Waals surface area contributed by atoms with Crippen molar-refractivity contribution < 1.29 is 18.1 Å². The lowest BCUT2D eigenvalue weighted by Crippen LogP contribution is -2.14. The first kappa shape index (κ1) is 19.7. The van der Waals surface area contributed by atoms with Gasteiger partial charge in [0.1, 0.15) is 6.54 Å². The van der Waals surface area contributed by atoms with Crippen molar-refractivity contribution in [3.8, 4) is 5.69 Å². The Bertz CT molecular complexity index is 1150. The van der Waals surface area contributed by atoms with Gasteiger partial charge in [-0.05, 0) is 25.2 Å². The van der Waals surface area contributed by atoms with Crippen LogP contribution in [-0.4, -0.2) is 32.4 Å². The molecule has 1 aliphatic heterocycles. The van der Waals surface area contributed by atoms with E-state index in [1.165, 1.54) is 24.3 Å². The standard InChI is InChI=1S/C19H15F3N6O2/c1-23-9-16-25-26-17-10-24-18(11-2-4-12(5-3-11)19(20,21)22)14-8-13(28(29)30)6-7-15(14)27(16)17/h2-8,23H,9-10H2,1H3. The molecule has 3 aromatic rings. The largest absolute Gasteiger partial charge is 0.416 e. The lowest BCUT2D eigenvalue weighted by atomic mass is 9.98. The van der Waals surface area contributed by atoms with Crippen LogP contribution in [0.1, 0.15) is 28.3 Å². The molecule has 0 spiro atoms. The summed E-state index contributed by atoms with van der Waals surface area (Å²) in [4.78, 5) is 15.3. The molecule has 0 saturated carbocycles. The van der Waals surface area contributed by atoms with Crippen LogP contribution in [0.3, 0.4) is 0 Å². The van der Waals surface area contributed by atoms with Gasteiger partial charge in [-0.3, -0.25) is 19.7 Å². The summed E-state index contributed by atoms with van der Waals surface area (Å²) in [6.07, 6.45) is -4.46. The van der Waals surface area contributed by atoms with Crippen molar-refractivity contribution in [3.05, 3.63) is 80.9 Å². The highest BCUT2D eigenvalue weighted by Gasteiger charge is 2.31. The number of halogens is 3. The van der Waals surface area contributed by atoms with Gasteiger partial charge < -0.3 is 5.32 Å². The quantitative estimate of drug-likeness (QED) is 0.520. The number of alkyl halides is 3. The maximum Gasteiger partial charge on any atom is 0.416 e. The number of aromatic nitrogens is 3. The molecular weight excluding hydrogens is 401 g/mol. The fourth-order valence-corrected chi connectivity index (χ4v) is 3.33. The molecule has 0 saturated heterocycles. The first-order valence-electron chi connectivity index (χ1n) is 8.88. The second-order valence-corrected chi connectivity index (χ2v) is 6.60. The van der Waals surface area contributed by atoms with E-state index >= 15 is 0 Å². The van der Waals surface area contributed by atoms with Gasteiger partial charge in [-0.15, -0.1) is 10.2 Å². The van der Waals surface area contributed by atoms with E-state index < -0.39 is 16.7 Å². The van der Waals surface area contributed by atoms with Gasteiger partial charge in [0.2, 0.25) is 0 Å². The molecule has 4 rings (SSSR count). The summed E-state index contributed by atoms with van der Waals surface area (Å²) in [7, 11) is 1.75. The Hall–Kier alpha value is -3.60. The summed E-state index contributed by atoms with van der Waals surface area (Å²) in [5, 5.41) is 22.6. The lowest BCUT2D eigenvalue weighted by molar-refractivity contribution is -0.384. The molecule has 154 valence electrons. The van der Waals surface area contributed by atoms with E-state index in [0.717, 1.165) is 12.1 Å². The van der Waals surface area contributed by atoms with Crippen molar-refractivity contribution in [1.82, 2.24) is 20.1 Å². The molecule has 30 heavy (non-hydrogen) atoms. The number of nitrogens with zero attached hydrogens (tertiary/aromatic N) is 5.